The number of morpholine rings is 1. The Morgan fingerprint density at radius 2 is 2.31 bits per heavy atom. The fourth-order valence-corrected chi connectivity index (χ4v) is 2.26. The molecule has 1 aromatic heterocycles. The van der Waals surface area contributed by atoms with Crippen molar-refractivity contribution in [2.75, 3.05) is 26.3 Å². The molecule has 1 aliphatic heterocycles. The van der Waals surface area contributed by atoms with Gasteiger partial charge in [0.25, 0.3) is 0 Å². The van der Waals surface area contributed by atoms with Crippen LogP contribution in [0.1, 0.15) is 10.6 Å². The van der Waals surface area contributed by atoms with E-state index in [1.165, 1.54) is 10.6 Å². The third kappa shape index (κ3) is 2.27. The van der Waals surface area contributed by atoms with Gasteiger partial charge < -0.3 is 4.74 Å². The van der Waals surface area contributed by atoms with Crippen LogP contribution in [-0.4, -0.2) is 36.2 Å². The number of nitrogens with zero attached hydrogens (tertiary/aromatic N) is 2. The Labute approximate surface area is 82.3 Å². The Bertz CT molecular complexity index is 268. The summed E-state index contributed by atoms with van der Waals surface area (Å²) in [4.78, 5) is 8.05. The van der Waals surface area contributed by atoms with Crippen molar-refractivity contribution >= 4 is 11.3 Å². The van der Waals surface area contributed by atoms with E-state index in [-0.39, 0.29) is 0 Å². The first-order valence-electron chi connectivity index (χ1n) is 4.55. The minimum Gasteiger partial charge on any atom is -0.379 e. The fourth-order valence-electron chi connectivity index (χ4n) is 1.44. The van der Waals surface area contributed by atoms with Gasteiger partial charge in [0.05, 0.1) is 24.4 Å². The monoisotopic (exact) mass is 198 g/mol. The molecule has 1 saturated heterocycles. The minimum atomic E-state index is 0.873. The molecule has 0 radical (unpaired) electrons. The molecule has 13 heavy (non-hydrogen) atoms. The highest BCUT2D eigenvalue weighted by atomic mass is 32.1. The maximum atomic E-state index is 5.30. The Morgan fingerprint density at radius 3 is 2.92 bits per heavy atom. The molecule has 0 aromatic carbocycles. The van der Waals surface area contributed by atoms with Crippen molar-refractivity contribution in [1.29, 1.82) is 0 Å². The maximum absolute atomic E-state index is 5.30. The molecular weight excluding hydrogens is 184 g/mol. The maximum Gasteiger partial charge on any atom is 0.0798 e. The van der Waals surface area contributed by atoms with Gasteiger partial charge in [0, 0.05) is 24.5 Å². The van der Waals surface area contributed by atoms with Crippen molar-refractivity contribution in [3.8, 4) is 0 Å². The van der Waals surface area contributed by atoms with Crippen LogP contribution in [-0.2, 0) is 11.3 Å². The molecule has 2 rings (SSSR count). The number of rotatable bonds is 2. The fraction of sp³-hybridized carbons (Fsp3) is 0.667. The second kappa shape index (κ2) is 4.17. The molecule has 1 fully saturated rings. The van der Waals surface area contributed by atoms with E-state index >= 15 is 0 Å². The molecule has 2 heterocycles. The van der Waals surface area contributed by atoms with E-state index in [1.54, 1.807) is 11.3 Å². The van der Waals surface area contributed by atoms with Gasteiger partial charge in [-0.05, 0) is 6.92 Å². The molecule has 1 aromatic rings. The molecule has 0 saturated carbocycles. The normalized spacial score (nSPS) is 19.2. The highest BCUT2D eigenvalue weighted by Crippen LogP contribution is 2.15. The molecule has 0 amide bonds. The third-order valence-electron chi connectivity index (χ3n) is 2.32. The summed E-state index contributed by atoms with van der Waals surface area (Å²) in [6.45, 7) is 6.97. The first-order valence-corrected chi connectivity index (χ1v) is 5.43. The van der Waals surface area contributed by atoms with Crippen LogP contribution < -0.4 is 0 Å². The minimum absolute atomic E-state index is 0.873. The summed E-state index contributed by atoms with van der Waals surface area (Å²) >= 11 is 1.75. The van der Waals surface area contributed by atoms with Crippen LogP contribution in [0.5, 0.6) is 0 Å². The zero-order chi connectivity index (χ0) is 9.10. The molecular formula is C9H14N2OS. The van der Waals surface area contributed by atoms with Crippen LogP contribution in [0.25, 0.3) is 0 Å². The van der Waals surface area contributed by atoms with Crippen molar-refractivity contribution in [2.24, 2.45) is 0 Å². The van der Waals surface area contributed by atoms with E-state index in [2.05, 4.69) is 16.8 Å². The van der Waals surface area contributed by atoms with Gasteiger partial charge in [0.2, 0.25) is 0 Å². The van der Waals surface area contributed by atoms with Crippen LogP contribution in [0.2, 0.25) is 0 Å². The second-order valence-electron chi connectivity index (χ2n) is 3.25. The van der Waals surface area contributed by atoms with E-state index in [0.29, 0.717) is 0 Å². The van der Waals surface area contributed by atoms with Gasteiger partial charge in [-0.1, -0.05) is 0 Å². The first kappa shape index (κ1) is 9.12. The summed E-state index contributed by atoms with van der Waals surface area (Å²) in [5.74, 6) is 0. The van der Waals surface area contributed by atoms with E-state index < -0.39 is 0 Å². The molecule has 72 valence electrons. The van der Waals surface area contributed by atoms with E-state index in [1.807, 2.05) is 5.51 Å². The Hall–Kier alpha value is -0.450. The van der Waals surface area contributed by atoms with Crippen LogP contribution >= 0.6 is 11.3 Å². The van der Waals surface area contributed by atoms with Crippen molar-refractivity contribution in [2.45, 2.75) is 13.5 Å². The number of aryl methyl sites for hydroxylation is 1. The topological polar surface area (TPSA) is 25.4 Å². The number of ether oxygens (including phenoxy) is 1. The van der Waals surface area contributed by atoms with Crippen molar-refractivity contribution in [3.63, 3.8) is 0 Å². The summed E-state index contributed by atoms with van der Waals surface area (Å²) < 4.78 is 5.30. The number of hydrogen-bond donors (Lipinski definition) is 0. The predicted molar refractivity (Wildman–Crippen MR) is 52.9 cm³/mol. The third-order valence-corrected chi connectivity index (χ3v) is 3.24. The zero-order valence-electron chi connectivity index (χ0n) is 7.82. The molecule has 0 aliphatic carbocycles. The van der Waals surface area contributed by atoms with Gasteiger partial charge in [-0.15, -0.1) is 11.3 Å². The lowest BCUT2D eigenvalue weighted by Crippen LogP contribution is -2.35. The van der Waals surface area contributed by atoms with Crippen LogP contribution in [0, 0.1) is 6.92 Å². The highest BCUT2D eigenvalue weighted by molar-refractivity contribution is 7.09. The van der Waals surface area contributed by atoms with Gasteiger partial charge in [-0.3, -0.25) is 4.90 Å². The van der Waals surface area contributed by atoms with Gasteiger partial charge in [0.15, 0.2) is 0 Å². The van der Waals surface area contributed by atoms with E-state index in [0.717, 1.165) is 32.8 Å². The lowest BCUT2D eigenvalue weighted by molar-refractivity contribution is 0.0345. The Balaban J connectivity index is 1.93. The lowest BCUT2D eigenvalue weighted by atomic mass is 10.3. The smallest absolute Gasteiger partial charge is 0.0798 e. The Kier molecular flexibility index (Phi) is 2.93. The summed E-state index contributed by atoms with van der Waals surface area (Å²) in [7, 11) is 0. The molecule has 0 bridgehead atoms. The SMILES string of the molecule is Cc1ncsc1CN1CCOCC1. The van der Waals surface area contributed by atoms with Crippen LogP contribution in [0.4, 0.5) is 0 Å². The molecule has 1 aliphatic rings. The van der Waals surface area contributed by atoms with Crippen molar-refractivity contribution in [3.05, 3.63) is 16.1 Å². The van der Waals surface area contributed by atoms with Crippen LogP contribution in [0.15, 0.2) is 5.51 Å². The lowest BCUT2D eigenvalue weighted by Gasteiger charge is -2.25. The summed E-state index contributed by atoms with van der Waals surface area (Å²) in [5, 5.41) is 0. The van der Waals surface area contributed by atoms with Gasteiger partial charge in [0.1, 0.15) is 0 Å². The van der Waals surface area contributed by atoms with E-state index in [9.17, 15) is 0 Å². The molecule has 0 unspecified atom stereocenters. The number of aromatic nitrogens is 1. The largest absolute Gasteiger partial charge is 0.379 e. The summed E-state index contributed by atoms with van der Waals surface area (Å²) in [5.41, 5.74) is 3.10. The number of thiazole rings is 1. The zero-order valence-corrected chi connectivity index (χ0v) is 8.64. The number of hydrogen-bond acceptors (Lipinski definition) is 4. The molecule has 0 spiro atoms. The highest BCUT2D eigenvalue weighted by Gasteiger charge is 2.12. The van der Waals surface area contributed by atoms with Crippen molar-refractivity contribution < 1.29 is 4.74 Å². The Morgan fingerprint density at radius 1 is 1.54 bits per heavy atom. The van der Waals surface area contributed by atoms with Crippen LogP contribution in [0.3, 0.4) is 0 Å². The molecule has 0 atom stereocenters. The van der Waals surface area contributed by atoms with Gasteiger partial charge >= 0.3 is 0 Å². The summed E-state index contributed by atoms with van der Waals surface area (Å²) in [6.07, 6.45) is 0. The standard InChI is InChI=1S/C9H14N2OS/c1-8-9(13-7-10-8)6-11-2-4-12-5-3-11/h7H,2-6H2,1H3. The average Bonchev–Trinajstić information content (AvgIpc) is 2.54. The van der Waals surface area contributed by atoms with Gasteiger partial charge in [-0.2, -0.15) is 0 Å². The molecule has 4 heteroatoms. The summed E-state index contributed by atoms with van der Waals surface area (Å²) in [6, 6.07) is 0. The van der Waals surface area contributed by atoms with E-state index in [4.69, 9.17) is 4.74 Å². The molecule has 0 N–H and O–H groups in total. The quantitative estimate of drug-likeness (QED) is 0.716. The van der Waals surface area contributed by atoms with Crippen molar-refractivity contribution in [1.82, 2.24) is 9.88 Å². The predicted octanol–water partition coefficient (Wildman–Crippen LogP) is 1.28. The van der Waals surface area contributed by atoms with Gasteiger partial charge in [-0.25, -0.2) is 4.98 Å². The second-order valence-corrected chi connectivity index (χ2v) is 4.19. The molecule has 3 nitrogen and oxygen atoms in total. The first-order chi connectivity index (χ1) is 6.36. The average molecular weight is 198 g/mol.